The maximum atomic E-state index is 11.3. The second kappa shape index (κ2) is 6.78. The molecule has 1 aromatic carbocycles. The van der Waals surface area contributed by atoms with Gasteiger partial charge in [-0.05, 0) is 31.5 Å². The Labute approximate surface area is 113 Å². The fourth-order valence-corrected chi connectivity index (χ4v) is 1.90. The quantitative estimate of drug-likeness (QED) is 0.577. The summed E-state index contributed by atoms with van der Waals surface area (Å²) in [7, 11) is 0. The van der Waals surface area contributed by atoms with Crippen LogP contribution in [0, 0.1) is 0 Å². The van der Waals surface area contributed by atoms with Crippen molar-refractivity contribution in [1.29, 1.82) is 0 Å². The van der Waals surface area contributed by atoms with E-state index in [0.717, 1.165) is 25.1 Å². The lowest BCUT2D eigenvalue weighted by atomic mass is 10.1. The molecule has 0 saturated heterocycles. The Bertz CT molecular complexity index is 472. The highest BCUT2D eigenvalue weighted by Crippen LogP contribution is 2.22. The molecule has 1 amide bonds. The van der Waals surface area contributed by atoms with E-state index in [1.807, 2.05) is 4.90 Å². The van der Waals surface area contributed by atoms with Crippen molar-refractivity contribution in [2.75, 3.05) is 23.7 Å². The van der Waals surface area contributed by atoms with E-state index in [4.69, 9.17) is 11.5 Å². The standard InChI is InChI=1S/C14H21N3O2/c1-3-4-7-17(9-14(16)19)11-5-6-12(10(2)18)13(15)8-11/h5-6,8H,3-4,7,9,15H2,1-2H3,(H2,16,19). The van der Waals surface area contributed by atoms with Gasteiger partial charge in [0.2, 0.25) is 5.91 Å². The smallest absolute Gasteiger partial charge is 0.236 e. The number of unbranched alkanes of at least 4 members (excludes halogenated alkanes) is 1. The first kappa shape index (κ1) is 15.0. The number of carbonyl (C=O) groups is 2. The number of amides is 1. The third kappa shape index (κ3) is 4.28. The first-order valence-corrected chi connectivity index (χ1v) is 6.39. The van der Waals surface area contributed by atoms with E-state index in [-0.39, 0.29) is 18.2 Å². The molecule has 104 valence electrons. The van der Waals surface area contributed by atoms with E-state index in [0.29, 0.717) is 11.3 Å². The molecule has 0 spiro atoms. The van der Waals surface area contributed by atoms with Gasteiger partial charge in [0.1, 0.15) is 0 Å². The van der Waals surface area contributed by atoms with Gasteiger partial charge in [-0.3, -0.25) is 9.59 Å². The lowest BCUT2D eigenvalue weighted by Crippen LogP contribution is -2.34. The average Bonchev–Trinajstić information content (AvgIpc) is 2.33. The zero-order valence-electron chi connectivity index (χ0n) is 11.5. The minimum atomic E-state index is -0.384. The van der Waals surface area contributed by atoms with Gasteiger partial charge >= 0.3 is 0 Å². The van der Waals surface area contributed by atoms with E-state index in [1.165, 1.54) is 6.92 Å². The second-order valence-electron chi connectivity index (χ2n) is 4.57. The summed E-state index contributed by atoms with van der Waals surface area (Å²) in [4.78, 5) is 24.3. The molecule has 5 heteroatoms. The van der Waals surface area contributed by atoms with Gasteiger partial charge in [-0.1, -0.05) is 13.3 Å². The Hall–Kier alpha value is -2.04. The van der Waals surface area contributed by atoms with Crippen LogP contribution in [0.1, 0.15) is 37.0 Å². The van der Waals surface area contributed by atoms with Crippen molar-refractivity contribution < 1.29 is 9.59 Å². The number of ketones is 1. The third-order valence-corrected chi connectivity index (χ3v) is 2.91. The molecule has 0 aliphatic carbocycles. The van der Waals surface area contributed by atoms with Gasteiger partial charge in [-0.15, -0.1) is 0 Å². The molecule has 0 fully saturated rings. The summed E-state index contributed by atoms with van der Waals surface area (Å²) in [6.45, 7) is 4.44. The van der Waals surface area contributed by atoms with Gasteiger partial charge in [0.05, 0.1) is 6.54 Å². The molecule has 0 radical (unpaired) electrons. The molecule has 1 aromatic rings. The molecule has 5 nitrogen and oxygen atoms in total. The van der Waals surface area contributed by atoms with E-state index in [2.05, 4.69) is 6.92 Å². The molecule has 0 aliphatic rings. The SMILES string of the molecule is CCCCN(CC(N)=O)c1ccc(C(C)=O)c(N)c1. The predicted octanol–water partition coefficient (Wildman–Crippen LogP) is 1.56. The highest BCUT2D eigenvalue weighted by atomic mass is 16.1. The maximum Gasteiger partial charge on any atom is 0.236 e. The van der Waals surface area contributed by atoms with Crippen LogP contribution in [-0.4, -0.2) is 24.8 Å². The summed E-state index contributed by atoms with van der Waals surface area (Å²) in [6, 6.07) is 5.20. The first-order chi connectivity index (χ1) is 8.95. The molecular weight excluding hydrogens is 242 g/mol. The number of nitrogens with zero attached hydrogens (tertiary/aromatic N) is 1. The zero-order valence-corrected chi connectivity index (χ0v) is 11.5. The van der Waals surface area contributed by atoms with E-state index in [9.17, 15) is 9.59 Å². The summed E-state index contributed by atoms with van der Waals surface area (Å²) in [6.07, 6.45) is 1.98. The number of anilines is 2. The number of nitrogens with two attached hydrogens (primary N) is 2. The summed E-state index contributed by atoms with van der Waals surface area (Å²) in [5, 5.41) is 0. The number of nitrogen functional groups attached to an aromatic ring is 1. The van der Waals surface area contributed by atoms with Crippen LogP contribution in [0.15, 0.2) is 18.2 Å². The highest BCUT2D eigenvalue weighted by molar-refractivity contribution is 5.99. The summed E-state index contributed by atoms with van der Waals surface area (Å²) in [5.74, 6) is -0.454. The molecule has 0 aromatic heterocycles. The van der Waals surface area contributed by atoms with Crippen LogP contribution in [-0.2, 0) is 4.79 Å². The number of carbonyl (C=O) groups excluding carboxylic acids is 2. The lowest BCUT2D eigenvalue weighted by Gasteiger charge is -2.23. The van der Waals surface area contributed by atoms with Gasteiger partial charge in [0, 0.05) is 23.5 Å². The van der Waals surface area contributed by atoms with Crippen molar-refractivity contribution in [2.24, 2.45) is 5.73 Å². The van der Waals surface area contributed by atoms with Crippen molar-refractivity contribution in [2.45, 2.75) is 26.7 Å². The Balaban J connectivity index is 2.98. The monoisotopic (exact) mass is 263 g/mol. The molecule has 19 heavy (non-hydrogen) atoms. The van der Waals surface area contributed by atoms with Crippen molar-refractivity contribution >= 4 is 23.1 Å². The molecule has 0 atom stereocenters. The largest absolute Gasteiger partial charge is 0.398 e. The maximum absolute atomic E-state index is 11.3. The fraction of sp³-hybridized carbons (Fsp3) is 0.429. The van der Waals surface area contributed by atoms with Gasteiger partial charge in [0.25, 0.3) is 0 Å². The topological polar surface area (TPSA) is 89.4 Å². The predicted molar refractivity (Wildman–Crippen MR) is 77.2 cm³/mol. The highest BCUT2D eigenvalue weighted by Gasteiger charge is 2.12. The number of rotatable bonds is 7. The number of primary amides is 1. The van der Waals surface area contributed by atoms with E-state index < -0.39 is 0 Å². The Morgan fingerprint density at radius 3 is 2.47 bits per heavy atom. The van der Waals surface area contributed by atoms with E-state index in [1.54, 1.807) is 18.2 Å². The molecule has 0 bridgehead atoms. The van der Waals surface area contributed by atoms with Crippen LogP contribution in [0.2, 0.25) is 0 Å². The van der Waals surface area contributed by atoms with Crippen LogP contribution in [0.4, 0.5) is 11.4 Å². The van der Waals surface area contributed by atoms with Crippen LogP contribution >= 0.6 is 0 Å². The molecular formula is C14H21N3O2. The second-order valence-corrected chi connectivity index (χ2v) is 4.57. The Morgan fingerprint density at radius 2 is 2.00 bits per heavy atom. The minimum absolute atomic E-state index is 0.0703. The van der Waals surface area contributed by atoms with Crippen LogP contribution in [0.25, 0.3) is 0 Å². The van der Waals surface area contributed by atoms with Crippen LogP contribution in [0.3, 0.4) is 0 Å². The van der Waals surface area contributed by atoms with Gasteiger partial charge < -0.3 is 16.4 Å². The third-order valence-electron chi connectivity index (χ3n) is 2.91. The summed E-state index contributed by atoms with van der Waals surface area (Å²) < 4.78 is 0. The van der Waals surface area contributed by atoms with Crippen molar-refractivity contribution in [3.05, 3.63) is 23.8 Å². The Kier molecular flexibility index (Phi) is 5.36. The molecule has 0 unspecified atom stereocenters. The van der Waals surface area contributed by atoms with Crippen molar-refractivity contribution in [3.63, 3.8) is 0 Å². The van der Waals surface area contributed by atoms with E-state index >= 15 is 0 Å². The normalized spacial score (nSPS) is 10.2. The number of hydrogen-bond donors (Lipinski definition) is 2. The summed E-state index contributed by atoms with van der Waals surface area (Å²) >= 11 is 0. The number of hydrogen-bond acceptors (Lipinski definition) is 4. The molecule has 1 rings (SSSR count). The van der Waals surface area contributed by atoms with Crippen LogP contribution in [0.5, 0.6) is 0 Å². The summed E-state index contributed by atoms with van der Waals surface area (Å²) in [5.41, 5.74) is 12.8. The van der Waals surface area contributed by atoms with Crippen molar-refractivity contribution in [3.8, 4) is 0 Å². The van der Waals surface area contributed by atoms with Crippen LogP contribution < -0.4 is 16.4 Å². The number of benzene rings is 1. The molecule has 0 aliphatic heterocycles. The molecule has 0 heterocycles. The minimum Gasteiger partial charge on any atom is -0.398 e. The number of Topliss-reactive ketones (excluding diaryl/α,β-unsaturated/α-hetero) is 1. The Morgan fingerprint density at radius 1 is 1.32 bits per heavy atom. The van der Waals surface area contributed by atoms with Gasteiger partial charge in [0.15, 0.2) is 5.78 Å². The van der Waals surface area contributed by atoms with Gasteiger partial charge in [-0.2, -0.15) is 0 Å². The zero-order chi connectivity index (χ0) is 14.4. The lowest BCUT2D eigenvalue weighted by molar-refractivity contribution is -0.116. The average molecular weight is 263 g/mol. The molecule has 4 N–H and O–H groups in total. The van der Waals surface area contributed by atoms with Gasteiger partial charge in [-0.25, -0.2) is 0 Å². The first-order valence-electron chi connectivity index (χ1n) is 6.39. The van der Waals surface area contributed by atoms with Crippen molar-refractivity contribution in [1.82, 2.24) is 0 Å². The fourth-order valence-electron chi connectivity index (χ4n) is 1.90. The molecule has 0 saturated carbocycles.